The maximum absolute atomic E-state index is 8.47. The van der Waals surface area contributed by atoms with Gasteiger partial charge in [-0.25, -0.2) is 0 Å². The van der Waals surface area contributed by atoms with E-state index in [4.69, 9.17) is 9.84 Å². The zero-order valence-electron chi connectivity index (χ0n) is 10.8. The smallest absolute Gasteiger partial charge is 0.110 e. The Bertz CT molecular complexity index is 144. The highest BCUT2D eigenvalue weighted by molar-refractivity contribution is 4.73. The summed E-state index contributed by atoms with van der Waals surface area (Å²) in [5.41, 5.74) is 0. The van der Waals surface area contributed by atoms with Gasteiger partial charge in [0.1, 0.15) is 6.61 Å². The third-order valence-corrected chi connectivity index (χ3v) is 2.63. The second kappa shape index (κ2) is 14.5. The second-order valence-electron chi connectivity index (χ2n) is 4.23. The summed E-state index contributed by atoms with van der Waals surface area (Å²) >= 11 is 0. The second-order valence-corrected chi connectivity index (χ2v) is 4.23. The number of unbranched alkanes of at least 4 members (excludes halogenated alkanes) is 8. The lowest BCUT2D eigenvalue weighted by Crippen LogP contribution is -1.91. The SMILES string of the molecule is CCCCCCCCCCC=COCCO. The summed E-state index contributed by atoms with van der Waals surface area (Å²) in [4.78, 5) is 0. The maximum atomic E-state index is 8.47. The van der Waals surface area contributed by atoms with Gasteiger partial charge >= 0.3 is 0 Å². The molecule has 0 rings (SSSR count). The van der Waals surface area contributed by atoms with E-state index in [0.29, 0.717) is 6.61 Å². The van der Waals surface area contributed by atoms with Crippen molar-refractivity contribution in [3.8, 4) is 0 Å². The first-order valence-corrected chi connectivity index (χ1v) is 6.79. The van der Waals surface area contributed by atoms with Crippen molar-refractivity contribution in [1.29, 1.82) is 0 Å². The van der Waals surface area contributed by atoms with E-state index in [1.54, 1.807) is 6.26 Å². The van der Waals surface area contributed by atoms with Crippen LogP contribution in [-0.2, 0) is 4.74 Å². The lowest BCUT2D eigenvalue weighted by atomic mass is 10.1. The van der Waals surface area contributed by atoms with Crippen molar-refractivity contribution >= 4 is 0 Å². The van der Waals surface area contributed by atoms with Crippen molar-refractivity contribution in [3.63, 3.8) is 0 Å². The number of hydrogen-bond acceptors (Lipinski definition) is 2. The highest BCUT2D eigenvalue weighted by Crippen LogP contribution is 2.09. The van der Waals surface area contributed by atoms with Crippen LogP contribution in [0, 0.1) is 0 Å². The van der Waals surface area contributed by atoms with Crippen molar-refractivity contribution in [2.45, 2.75) is 64.7 Å². The molecule has 0 atom stereocenters. The lowest BCUT2D eigenvalue weighted by molar-refractivity contribution is 0.165. The normalized spacial score (nSPS) is 11.1. The number of hydrogen-bond donors (Lipinski definition) is 1. The minimum Gasteiger partial charge on any atom is -0.499 e. The van der Waals surface area contributed by atoms with Gasteiger partial charge in [0.05, 0.1) is 12.9 Å². The summed E-state index contributed by atoms with van der Waals surface area (Å²) in [6.45, 7) is 2.77. The molecule has 0 aromatic carbocycles. The summed E-state index contributed by atoms with van der Waals surface area (Å²) in [7, 11) is 0. The number of allylic oxidation sites excluding steroid dienone is 1. The Morgan fingerprint density at radius 2 is 1.56 bits per heavy atom. The summed E-state index contributed by atoms with van der Waals surface area (Å²) in [6.07, 6.45) is 15.7. The Morgan fingerprint density at radius 1 is 0.938 bits per heavy atom. The van der Waals surface area contributed by atoms with Crippen molar-refractivity contribution in [2.75, 3.05) is 13.2 Å². The Balaban J connectivity index is 2.95. The van der Waals surface area contributed by atoms with Crippen LogP contribution in [-0.4, -0.2) is 18.3 Å². The fraction of sp³-hybridized carbons (Fsp3) is 0.857. The Kier molecular flexibility index (Phi) is 14.0. The fourth-order valence-corrected chi connectivity index (χ4v) is 1.65. The summed E-state index contributed by atoms with van der Waals surface area (Å²) in [5.74, 6) is 0. The molecule has 0 spiro atoms. The van der Waals surface area contributed by atoms with Gasteiger partial charge in [0.15, 0.2) is 0 Å². The van der Waals surface area contributed by atoms with Crippen LogP contribution in [0.15, 0.2) is 12.3 Å². The molecule has 2 heteroatoms. The minimum absolute atomic E-state index is 0.0993. The highest BCUT2D eigenvalue weighted by atomic mass is 16.5. The van der Waals surface area contributed by atoms with Crippen molar-refractivity contribution < 1.29 is 9.84 Å². The minimum atomic E-state index is 0.0993. The van der Waals surface area contributed by atoms with E-state index in [-0.39, 0.29) is 6.61 Å². The van der Waals surface area contributed by atoms with Crippen LogP contribution in [0.1, 0.15) is 64.7 Å². The lowest BCUT2D eigenvalue weighted by Gasteiger charge is -2.00. The van der Waals surface area contributed by atoms with Crippen molar-refractivity contribution in [2.24, 2.45) is 0 Å². The van der Waals surface area contributed by atoms with E-state index in [9.17, 15) is 0 Å². The number of ether oxygens (including phenoxy) is 1. The van der Waals surface area contributed by atoms with E-state index in [1.807, 2.05) is 6.08 Å². The van der Waals surface area contributed by atoms with Gasteiger partial charge in [0, 0.05) is 0 Å². The molecule has 96 valence electrons. The van der Waals surface area contributed by atoms with Crippen LogP contribution in [0.5, 0.6) is 0 Å². The molecule has 0 bridgehead atoms. The summed E-state index contributed by atoms with van der Waals surface area (Å²) < 4.78 is 5.02. The molecule has 0 aliphatic rings. The molecule has 0 unspecified atom stereocenters. The molecule has 2 nitrogen and oxygen atoms in total. The van der Waals surface area contributed by atoms with Gasteiger partial charge in [-0.15, -0.1) is 0 Å². The van der Waals surface area contributed by atoms with Gasteiger partial charge in [-0.3, -0.25) is 0 Å². The monoisotopic (exact) mass is 228 g/mol. The van der Waals surface area contributed by atoms with E-state index < -0.39 is 0 Å². The first-order chi connectivity index (χ1) is 7.91. The van der Waals surface area contributed by atoms with E-state index >= 15 is 0 Å². The molecule has 1 N–H and O–H groups in total. The third-order valence-electron chi connectivity index (χ3n) is 2.63. The third kappa shape index (κ3) is 13.5. The van der Waals surface area contributed by atoms with Gasteiger partial charge in [0.2, 0.25) is 0 Å². The van der Waals surface area contributed by atoms with Gasteiger partial charge in [-0.05, 0) is 18.9 Å². The van der Waals surface area contributed by atoms with Gasteiger partial charge < -0.3 is 9.84 Å². The standard InChI is InChI=1S/C14H28O2/c1-2-3-4-5-6-7-8-9-10-11-13-16-14-12-15/h11,13,15H,2-10,12,14H2,1H3. The Hall–Kier alpha value is -0.500. The zero-order chi connectivity index (χ0) is 11.9. The molecule has 16 heavy (non-hydrogen) atoms. The fourth-order valence-electron chi connectivity index (χ4n) is 1.65. The van der Waals surface area contributed by atoms with Gasteiger partial charge in [-0.2, -0.15) is 0 Å². The van der Waals surface area contributed by atoms with Crippen LogP contribution >= 0.6 is 0 Å². The summed E-state index contributed by atoms with van der Waals surface area (Å²) in [5, 5.41) is 8.47. The largest absolute Gasteiger partial charge is 0.499 e. The van der Waals surface area contributed by atoms with Gasteiger partial charge in [-0.1, -0.05) is 51.9 Å². The molecule has 0 aromatic rings. The van der Waals surface area contributed by atoms with E-state index in [1.165, 1.54) is 51.4 Å². The zero-order valence-corrected chi connectivity index (χ0v) is 10.8. The first kappa shape index (κ1) is 15.5. The summed E-state index contributed by atoms with van der Waals surface area (Å²) in [6, 6.07) is 0. The number of aliphatic hydroxyl groups excluding tert-OH is 1. The number of aliphatic hydroxyl groups is 1. The van der Waals surface area contributed by atoms with Crippen LogP contribution < -0.4 is 0 Å². The predicted octanol–water partition coefficient (Wildman–Crippen LogP) is 4.04. The molecular formula is C14H28O2. The average Bonchev–Trinajstić information content (AvgIpc) is 2.31. The topological polar surface area (TPSA) is 29.5 Å². The molecule has 0 aromatic heterocycles. The number of rotatable bonds is 12. The molecule has 0 heterocycles. The molecule has 0 saturated heterocycles. The molecule has 0 radical (unpaired) electrons. The van der Waals surface area contributed by atoms with Gasteiger partial charge in [0.25, 0.3) is 0 Å². The van der Waals surface area contributed by atoms with Crippen LogP contribution in [0.4, 0.5) is 0 Å². The van der Waals surface area contributed by atoms with E-state index in [2.05, 4.69) is 6.92 Å². The average molecular weight is 228 g/mol. The quantitative estimate of drug-likeness (QED) is 0.403. The first-order valence-electron chi connectivity index (χ1n) is 6.79. The molecule has 0 aliphatic heterocycles. The van der Waals surface area contributed by atoms with Crippen LogP contribution in [0.2, 0.25) is 0 Å². The Labute approximate surface area is 101 Å². The van der Waals surface area contributed by atoms with E-state index in [0.717, 1.165) is 6.42 Å². The molecule has 0 saturated carbocycles. The predicted molar refractivity (Wildman–Crippen MR) is 69.4 cm³/mol. The maximum Gasteiger partial charge on any atom is 0.110 e. The van der Waals surface area contributed by atoms with Crippen molar-refractivity contribution in [3.05, 3.63) is 12.3 Å². The molecular weight excluding hydrogens is 200 g/mol. The van der Waals surface area contributed by atoms with Crippen LogP contribution in [0.25, 0.3) is 0 Å². The van der Waals surface area contributed by atoms with Crippen LogP contribution in [0.3, 0.4) is 0 Å². The van der Waals surface area contributed by atoms with Crippen molar-refractivity contribution in [1.82, 2.24) is 0 Å². The molecule has 0 aliphatic carbocycles. The Morgan fingerprint density at radius 3 is 2.19 bits per heavy atom. The molecule has 0 fully saturated rings. The molecule has 0 amide bonds. The highest BCUT2D eigenvalue weighted by Gasteiger charge is 1.90.